The Balaban J connectivity index is 1.94. The molecule has 2 heterocycles. The Morgan fingerprint density at radius 1 is 1.29 bits per heavy atom. The van der Waals surface area contributed by atoms with Crippen LogP contribution < -0.4 is 5.69 Å². The molecule has 4 rings (SSSR count). The Morgan fingerprint density at radius 3 is 2.67 bits per heavy atom. The second kappa shape index (κ2) is 5.60. The molecular weight excluding hydrogens is 326 g/mol. The van der Waals surface area contributed by atoms with E-state index in [0.717, 1.165) is 18.4 Å². The number of nitrogens with zero attached hydrogens (tertiary/aromatic N) is 3. The Morgan fingerprint density at radius 2 is 2.00 bits per heavy atom. The lowest BCUT2D eigenvalue weighted by molar-refractivity contribution is 0.0957. The van der Waals surface area contributed by atoms with Gasteiger partial charge in [0.1, 0.15) is 0 Å². The Kier molecular flexibility index (Phi) is 3.53. The fraction of sp³-hybridized carbons (Fsp3) is 0.278. The lowest BCUT2D eigenvalue weighted by atomic mass is 10.1. The smallest absolute Gasteiger partial charge is 0.292 e. The predicted octanol–water partition coefficient (Wildman–Crippen LogP) is 3.10. The molecule has 0 atom stereocenters. The van der Waals surface area contributed by atoms with Crippen LogP contribution in [-0.2, 0) is 6.54 Å². The number of ketones is 1. The molecule has 2 aromatic heterocycles. The lowest BCUT2D eigenvalue weighted by Gasteiger charge is -2.12. The number of benzene rings is 1. The summed E-state index contributed by atoms with van der Waals surface area (Å²) in [6.07, 6.45) is 1.77. The van der Waals surface area contributed by atoms with E-state index in [1.54, 1.807) is 13.0 Å². The van der Waals surface area contributed by atoms with Gasteiger partial charge in [-0.05, 0) is 31.4 Å². The Bertz CT molecular complexity index is 1000. The molecule has 0 N–H and O–H groups in total. The SMILES string of the molecule is Cc1nn2c(=O)n(Cc3ccccc3)c(C(=O)C3CC3)cc2c1Cl. The summed E-state index contributed by atoms with van der Waals surface area (Å²) >= 11 is 6.26. The zero-order chi connectivity index (χ0) is 16.8. The maximum atomic E-state index is 12.9. The topological polar surface area (TPSA) is 56.4 Å². The van der Waals surface area contributed by atoms with Gasteiger partial charge < -0.3 is 0 Å². The van der Waals surface area contributed by atoms with E-state index in [2.05, 4.69) is 5.10 Å². The highest BCUT2D eigenvalue weighted by molar-refractivity contribution is 6.34. The fourth-order valence-electron chi connectivity index (χ4n) is 2.90. The van der Waals surface area contributed by atoms with Crippen LogP contribution in [0.5, 0.6) is 0 Å². The summed E-state index contributed by atoms with van der Waals surface area (Å²) in [5, 5.41) is 4.64. The number of rotatable bonds is 4. The van der Waals surface area contributed by atoms with E-state index in [4.69, 9.17) is 11.6 Å². The highest BCUT2D eigenvalue weighted by Gasteiger charge is 2.33. The van der Waals surface area contributed by atoms with E-state index in [1.807, 2.05) is 30.3 Å². The van der Waals surface area contributed by atoms with E-state index in [-0.39, 0.29) is 17.4 Å². The minimum atomic E-state index is -0.338. The van der Waals surface area contributed by atoms with E-state index in [1.165, 1.54) is 9.08 Å². The van der Waals surface area contributed by atoms with Crippen molar-refractivity contribution in [2.24, 2.45) is 5.92 Å². The number of fused-ring (bicyclic) bond motifs is 1. The maximum absolute atomic E-state index is 12.9. The molecule has 6 heteroatoms. The van der Waals surface area contributed by atoms with Crippen molar-refractivity contribution in [1.82, 2.24) is 14.2 Å². The largest absolute Gasteiger partial charge is 0.350 e. The van der Waals surface area contributed by atoms with Crippen LogP contribution in [0.3, 0.4) is 0 Å². The highest BCUT2D eigenvalue weighted by Crippen LogP contribution is 2.33. The molecule has 0 bridgehead atoms. The van der Waals surface area contributed by atoms with Crippen LogP contribution >= 0.6 is 11.6 Å². The summed E-state index contributed by atoms with van der Waals surface area (Å²) in [6, 6.07) is 11.3. The van der Waals surface area contributed by atoms with Crippen molar-refractivity contribution in [2.45, 2.75) is 26.3 Å². The fourth-order valence-corrected chi connectivity index (χ4v) is 3.07. The monoisotopic (exact) mass is 341 g/mol. The van der Waals surface area contributed by atoms with Gasteiger partial charge in [-0.2, -0.15) is 9.61 Å². The summed E-state index contributed by atoms with van der Waals surface area (Å²) in [7, 11) is 0. The molecule has 1 aliphatic carbocycles. The first-order chi connectivity index (χ1) is 11.6. The molecule has 0 radical (unpaired) electrons. The van der Waals surface area contributed by atoms with Gasteiger partial charge in [0.05, 0.1) is 28.5 Å². The third kappa shape index (κ3) is 2.45. The number of hydrogen-bond acceptors (Lipinski definition) is 3. The molecule has 0 aliphatic heterocycles. The van der Waals surface area contributed by atoms with Crippen LogP contribution in [-0.4, -0.2) is 20.0 Å². The van der Waals surface area contributed by atoms with Gasteiger partial charge in [0, 0.05) is 5.92 Å². The number of carbonyl (C=O) groups excluding carboxylic acids is 1. The van der Waals surface area contributed by atoms with Crippen molar-refractivity contribution >= 4 is 22.9 Å². The summed E-state index contributed by atoms with van der Waals surface area (Å²) in [4.78, 5) is 25.6. The van der Waals surface area contributed by atoms with E-state index < -0.39 is 0 Å². The minimum absolute atomic E-state index is 0.0143. The van der Waals surface area contributed by atoms with Crippen molar-refractivity contribution in [1.29, 1.82) is 0 Å². The molecule has 0 amide bonds. The van der Waals surface area contributed by atoms with Crippen molar-refractivity contribution < 1.29 is 4.79 Å². The first-order valence-electron chi connectivity index (χ1n) is 7.93. The van der Waals surface area contributed by atoms with Crippen LogP contribution in [0.25, 0.3) is 5.52 Å². The van der Waals surface area contributed by atoms with Gasteiger partial charge in [0.2, 0.25) is 0 Å². The van der Waals surface area contributed by atoms with Crippen LogP contribution in [0, 0.1) is 12.8 Å². The average Bonchev–Trinajstić information content (AvgIpc) is 3.39. The molecule has 1 saturated carbocycles. The van der Waals surface area contributed by atoms with Gasteiger partial charge in [-0.3, -0.25) is 9.36 Å². The molecule has 24 heavy (non-hydrogen) atoms. The minimum Gasteiger partial charge on any atom is -0.292 e. The number of carbonyl (C=O) groups is 1. The molecular formula is C18H16ClN3O2. The third-order valence-corrected chi connectivity index (χ3v) is 4.85. The summed E-state index contributed by atoms with van der Waals surface area (Å²) in [5.74, 6) is 0.0390. The molecule has 1 aromatic carbocycles. The van der Waals surface area contributed by atoms with Gasteiger partial charge in [-0.25, -0.2) is 4.79 Å². The second-order valence-electron chi connectivity index (χ2n) is 6.22. The zero-order valence-electron chi connectivity index (χ0n) is 13.2. The van der Waals surface area contributed by atoms with Crippen molar-refractivity contribution in [3.63, 3.8) is 0 Å². The third-order valence-electron chi connectivity index (χ3n) is 4.38. The van der Waals surface area contributed by atoms with Crippen molar-refractivity contribution in [3.05, 3.63) is 68.9 Å². The van der Waals surface area contributed by atoms with E-state index in [9.17, 15) is 9.59 Å². The number of aryl methyl sites for hydroxylation is 1. The molecule has 5 nitrogen and oxygen atoms in total. The van der Waals surface area contributed by atoms with Gasteiger partial charge in [0.25, 0.3) is 0 Å². The van der Waals surface area contributed by atoms with Gasteiger partial charge in [-0.15, -0.1) is 0 Å². The van der Waals surface area contributed by atoms with Crippen LogP contribution in [0.4, 0.5) is 0 Å². The molecule has 0 saturated heterocycles. The number of halogens is 1. The average molecular weight is 342 g/mol. The maximum Gasteiger partial charge on any atom is 0.350 e. The number of hydrogen-bond donors (Lipinski definition) is 0. The standard InChI is InChI=1S/C18H16ClN3O2/c1-11-16(19)14-9-15(17(23)13-7-8-13)21(18(24)22(14)20-11)10-12-5-3-2-4-6-12/h2-6,9,13H,7-8,10H2,1H3. The van der Waals surface area contributed by atoms with Gasteiger partial charge in [0.15, 0.2) is 5.78 Å². The Labute approximate surface area is 143 Å². The number of aromatic nitrogens is 3. The Hall–Kier alpha value is -2.40. The van der Waals surface area contributed by atoms with Crippen LogP contribution in [0.1, 0.15) is 34.6 Å². The molecule has 1 aliphatic rings. The van der Waals surface area contributed by atoms with Crippen LogP contribution in [0.15, 0.2) is 41.2 Å². The van der Waals surface area contributed by atoms with Crippen molar-refractivity contribution in [3.8, 4) is 0 Å². The highest BCUT2D eigenvalue weighted by atomic mass is 35.5. The summed E-state index contributed by atoms with van der Waals surface area (Å²) in [5.41, 5.74) is 2.11. The molecule has 3 aromatic rings. The first kappa shape index (κ1) is 15.1. The first-order valence-corrected chi connectivity index (χ1v) is 8.31. The summed E-state index contributed by atoms with van der Waals surface area (Å²) in [6.45, 7) is 2.08. The normalized spacial score (nSPS) is 14.2. The zero-order valence-corrected chi connectivity index (χ0v) is 14.0. The summed E-state index contributed by atoms with van der Waals surface area (Å²) < 4.78 is 2.79. The quantitative estimate of drug-likeness (QED) is 0.685. The molecule has 122 valence electrons. The lowest BCUT2D eigenvalue weighted by Crippen LogP contribution is -2.32. The predicted molar refractivity (Wildman–Crippen MR) is 91.8 cm³/mol. The molecule has 0 spiro atoms. The molecule has 1 fully saturated rings. The number of Topliss-reactive ketones (excluding diaryl/α,β-unsaturated/α-hetero) is 1. The van der Waals surface area contributed by atoms with E-state index in [0.29, 0.717) is 28.5 Å². The van der Waals surface area contributed by atoms with Crippen molar-refractivity contribution in [2.75, 3.05) is 0 Å². The van der Waals surface area contributed by atoms with Crippen LogP contribution in [0.2, 0.25) is 5.02 Å². The van der Waals surface area contributed by atoms with E-state index >= 15 is 0 Å². The van der Waals surface area contributed by atoms with Gasteiger partial charge in [-0.1, -0.05) is 41.9 Å². The second-order valence-corrected chi connectivity index (χ2v) is 6.60. The molecule has 0 unspecified atom stereocenters. The van der Waals surface area contributed by atoms with Gasteiger partial charge >= 0.3 is 5.69 Å².